The monoisotopic (exact) mass is 290 g/mol. The molecule has 1 saturated carbocycles. The molecule has 0 bridgehead atoms. The molecule has 0 aromatic carbocycles. The predicted octanol–water partition coefficient (Wildman–Crippen LogP) is 0.665. The first-order chi connectivity index (χ1) is 10.1. The van der Waals surface area contributed by atoms with E-state index >= 15 is 0 Å². The zero-order valence-corrected chi connectivity index (χ0v) is 12.4. The van der Waals surface area contributed by atoms with Crippen molar-refractivity contribution in [2.75, 3.05) is 18.0 Å². The van der Waals surface area contributed by atoms with E-state index in [0.29, 0.717) is 18.4 Å². The van der Waals surface area contributed by atoms with Crippen molar-refractivity contribution in [2.45, 2.75) is 38.1 Å². The molecular formula is C15H22N4O2. The van der Waals surface area contributed by atoms with Crippen molar-refractivity contribution in [3.05, 3.63) is 22.6 Å². The lowest BCUT2D eigenvalue weighted by Crippen LogP contribution is -2.39. The first-order valence-corrected chi connectivity index (χ1v) is 7.69. The van der Waals surface area contributed by atoms with Gasteiger partial charge in [-0.2, -0.15) is 5.10 Å². The van der Waals surface area contributed by atoms with Gasteiger partial charge >= 0.3 is 0 Å². The summed E-state index contributed by atoms with van der Waals surface area (Å²) in [5.74, 6) is 0.535. The van der Waals surface area contributed by atoms with E-state index in [2.05, 4.69) is 15.3 Å². The largest absolute Gasteiger partial charge is 0.370 e. The predicted molar refractivity (Wildman–Crippen MR) is 80.2 cm³/mol. The van der Waals surface area contributed by atoms with E-state index in [1.165, 1.54) is 4.68 Å². The Morgan fingerprint density at radius 3 is 2.95 bits per heavy atom. The zero-order chi connectivity index (χ0) is 14.8. The summed E-state index contributed by atoms with van der Waals surface area (Å²) in [4.78, 5) is 25.8. The summed E-state index contributed by atoms with van der Waals surface area (Å²) in [6, 6.07) is 2.05. The van der Waals surface area contributed by atoms with Crippen molar-refractivity contribution in [3.63, 3.8) is 0 Å². The second-order valence-electron chi connectivity index (χ2n) is 6.18. The Kier molecular flexibility index (Phi) is 3.94. The number of rotatable bonds is 4. The molecule has 1 aliphatic carbocycles. The summed E-state index contributed by atoms with van der Waals surface area (Å²) in [6.45, 7) is 1.75. The first kappa shape index (κ1) is 14.1. The van der Waals surface area contributed by atoms with Gasteiger partial charge in [-0.15, -0.1) is 0 Å². The summed E-state index contributed by atoms with van der Waals surface area (Å²) in [5.41, 5.74) is 0.770. The fourth-order valence-corrected chi connectivity index (χ4v) is 2.88. The quantitative estimate of drug-likeness (QED) is 0.885. The van der Waals surface area contributed by atoms with E-state index in [4.69, 9.17) is 0 Å². The Bertz CT molecular complexity index is 579. The average Bonchev–Trinajstić information content (AvgIpc) is 3.26. The summed E-state index contributed by atoms with van der Waals surface area (Å²) < 4.78 is 1.33. The maximum atomic E-state index is 11.9. The van der Waals surface area contributed by atoms with Crippen molar-refractivity contribution in [2.24, 2.45) is 13.0 Å². The maximum Gasteiger partial charge on any atom is 0.268 e. The molecule has 1 aromatic rings. The summed E-state index contributed by atoms with van der Waals surface area (Å²) in [5, 5.41) is 7.12. The Morgan fingerprint density at radius 2 is 2.24 bits per heavy atom. The minimum atomic E-state index is -0.0962. The van der Waals surface area contributed by atoms with Gasteiger partial charge in [0.2, 0.25) is 5.91 Å². The molecule has 1 aliphatic heterocycles. The van der Waals surface area contributed by atoms with Crippen LogP contribution in [0.25, 0.3) is 0 Å². The molecule has 1 saturated heterocycles. The number of nitrogens with zero attached hydrogens (tertiary/aromatic N) is 3. The van der Waals surface area contributed by atoms with Gasteiger partial charge in [-0.05, 0) is 31.6 Å². The van der Waals surface area contributed by atoms with Crippen molar-refractivity contribution in [3.8, 4) is 0 Å². The number of hydrogen-bond donors (Lipinski definition) is 1. The van der Waals surface area contributed by atoms with Crippen LogP contribution in [0.15, 0.2) is 17.1 Å². The molecule has 114 valence electrons. The van der Waals surface area contributed by atoms with Crippen LogP contribution < -0.4 is 15.8 Å². The number of aromatic nitrogens is 2. The van der Waals surface area contributed by atoms with Gasteiger partial charge in [0.25, 0.3) is 5.56 Å². The molecule has 1 N–H and O–H groups in total. The van der Waals surface area contributed by atoms with E-state index in [0.717, 1.165) is 44.5 Å². The maximum absolute atomic E-state index is 11.9. The fraction of sp³-hybridized carbons (Fsp3) is 0.667. The lowest BCUT2D eigenvalue weighted by atomic mass is 9.94. The molecule has 2 fully saturated rings. The van der Waals surface area contributed by atoms with Crippen molar-refractivity contribution in [1.82, 2.24) is 15.1 Å². The van der Waals surface area contributed by atoms with Crippen LogP contribution in [0.3, 0.4) is 0 Å². The van der Waals surface area contributed by atoms with Gasteiger partial charge in [0.1, 0.15) is 0 Å². The summed E-state index contributed by atoms with van der Waals surface area (Å²) >= 11 is 0. The number of hydrogen-bond acceptors (Lipinski definition) is 4. The Balaban J connectivity index is 1.60. The van der Waals surface area contributed by atoms with Crippen molar-refractivity contribution >= 4 is 11.6 Å². The molecule has 2 heterocycles. The molecule has 0 radical (unpaired) electrons. The molecule has 1 aromatic heterocycles. The lowest BCUT2D eigenvalue weighted by Gasteiger charge is -2.33. The number of aryl methyl sites for hydroxylation is 1. The molecule has 21 heavy (non-hydrogen) atoms. The van der Waals surface area contributed by atoms with E-state index in [1.807, 2.05) is 0 Å². The normalized spacial score (nSPS) is 22.1. The topological polar surface area (TPSA) is 67.2 Å². The van der Waals surface area contributed by atoms with Gasteiger partial charge in [-0.1, -0.05) is 0 Å². The molecule has 0 spiro atoms. The van der Waals surface area contributed by atoms with E-state index in [1.54, 1.807) is 19.3 Å². The van der Waals surface area contributed by atoms with Crippen LogP contribution in [0.5, 0.6) is 0 Å². The highest BCUT2D eigenvalue weighted by molar-refractivity contribution is 5.77. The number of amides is 1. The van der Waals surface area contributed by atoms with E-state index in [9.17, 15) is 9.59 Å². The minimum absolute atomic E-state index is 0.0962. The van der Waals surface area contributed by atoms with Gasteiger partial charge in [0.15, 0.2) is 0 Å². The number of carbonyl (C=O) groups excluding carboxylic acids is 1. The Morgan fingerprint density at radius 1 is 1.43 bits per heavy atom. The molecule has 3 rings (SSSR count). The van der Waals surface area contributed by atoms with Gasteiger partial charge < -0.3 is 10.2 Å². The van der Waals surface area contributed by atoms with Crippen LogP contribution in [0, 0.1) is 5.92 Å². The summed E-state index contributed by atoms with van der Waals surface area (Å²) in [7, 11) is 1.65. The van der Waals surface area contributed by atoms with E-state index in [-0.39, 0.29) is 11.5 Å². The van der Waals surface area contributed by atoms with Gasteiger partial charge in [0.05, 0.1) is 11.9 Å². The van der Waals surface area contributed by atoms with Gasteiger partial charge in [-0.25, -0.2) is 4.68 Å². The third-order valence-corrected chi connectivity index (χ3v) is 4.25. The highest BCUT2D eigenvalue weighted by Crippen LogP contribution is 2.25. The highest BCUT2D eigenvalue weighted by Gasteiger charge is 2.27. The molecule has 1 amide bonds. The van der Waals surface area contributed by atoms with E-state index < -0.39 is 0 Å². The van der Waals surface area contributed by atoms with Crippen LogP contribution in [0.1, 0.15) is 32.1 Å². The number of nitrogens with one attached hydrogen (secondary N) is 1. The fourth-order valence-electron chi connectivity index (χ4n) is 2.88. The molecule has 1 atom stereocenters. The second-order valence-corrected chi connectivity index (χ2v) is 6.18. The second kappa shape index (κ2) is 5.87. The summed E-state index contributed by atoms with van der Waals surface area (Å²) in [6.07, 6.45) is 6.70. The van der Waals surface area contributed by atoms with Gasteiger partial charge in [0, 0.05) is 38.7 Å². The zero-order valence-electron chi connectivity index (χ0n) is 12.4. The first-order valence-electron chi connectivity index (χ1n) is 7.69. The Hall–Kier alpha value is -1.85. The molecule has 1 unspecified atom stereocenters. The van der Waals surface area contributed by atoms with Crippen LogP contribution in [0.4, 0.5) is 5.69 Å². The number of carbonyl (C=O) groups is 1. The van der Waals surface area contributed by atoms with Crippen LogP contribution in [-0.2, 0) is 11.8 Å². The lowest BCUT2D eigenvalue weighted by molar-refractivity contribution is -0.122. The number of anilines is 1. The number of piperidine rings is 1. The van der Waals surface area contributed by atoms with Crippen molar-refractivity contribution in [1.29, 1.82) is 0 Å². The molecular weight excluding hydrogens is 268 g/mol. The standard InChI is InChI=1S/C15H22N4O2/c1-18-15(21)8-13(9-16-18)19-6-2-3-11(10-19)7-14(20)17-12-4-5-12/h8-9,11-12H,2-7,10H2,1H3,(H,17,20). The smallest absolute Gasteiger partial charge is 0.268 e. The SMILES string of the molecule is Cn1ncc(N2CCCC(CC(=O)NC3CC3)C2)cc1=O. The van der Waals surface area contributed by atoms with Crippen LogP contribution in [-0.4, -0.2) is 34.8 Å². The van der Waals surface area contributed by atoms with Crippen molar-refractivity contribution < 1.29 is 4.79 Å². The average molecular weight is 290 g/mol. The van der Waals surface area contributed by atoms with Crippen LogP contribution >= 0.6 is 0 Å². The van der Waals surface area contributed by atoms with Crippen LogP contribution in [0.2, 0.25) is 0 Å². The molecule has 6 nitrogen and oxygen atoms in total. The molecule has 2 aliphatic rings. The van der Waals surface area contributed by atoms with Gasteiger partial charge in [-0.3, -0.25) is 9.59 Å². The Labute approximate surface area is 124 Å². The third-order valence-electron chi connectivity index (χ3n) is 4.25. The highest BCUT2D eigenvalue weighted by atomic mass is 16.1. The minimum Gasteiger partial charge on any atom is -0.370 e. The molecule has 6 heteroatoms. The third kappa shape index (κ3) is 3.62.